The zero-order valence-corrected chi connectivity index (χ0v) is 17.6. The molecule has 0 spiro atoms. The van der Waals surface area contributed by atoms with Gasteiger partial charge in [-0.2, -0.15) is 9.67 Å². The first-order chi connectivity index (χ1) is 15.7. The Morgan fingerprint density at radius 2 is 1.88 bits per heavy atom. The number of aliphatic hydroxyl groups is 1. The zero-order chi connectivity index (χ0) is 21.8. The molecule has 4 aromatic rings. The van der Waals surface area contributed by atoms with Gasteiger partial charge in [-0.25, -0.2) is 4.98 Å². The molecule has 0 radical (unpaired) electrons. The Hall–Kier alpha value is -3.56. The van der Waals surface area contributed by atoms with Crippen molar-refractivity contribution in [1.29, 1.82) is 0 Å². The van der Waals surface area contributed by atoms with Crippen molar-refractivity contribution in [1.82, 2.24) is 30.3 Å². The summed E-state index contributed by atoms with van der Waals surface area (Å²) in [5.74, 6) is 1.25. The first kappa shape index (κ1) is 20.3. The van der Waals surface area contributed by atoms with Gasteiger partial charge in [0.1, 0.15) is 12.0 Å². The molecular weight excluding hydrogens is 406 g/mol. The smallest absolute Gasteiger partial charge is 0.229 e. The van der Waals surface area contributed by atoms with E-state index in [4.69, 9.17) is 4.74 Å². The molecule has 2 aromatic carbocycles. The number of aromatic nitrogens is 5. The number of ether oxygens (including phenoxy) is 1. The number of rotatable bonds is 0. The third kappa shape index (κ3) is 4.68. The molecule has 4 aliphatic heterocycles. The van der Waals surface area contributed by atoms with E-state index in [0.29, 0.717) is 30.1 Å². The molecule has 2 aromatic heterocycles. The van der Waals surface area contributed by atoms with E-state index in [-0.39, 0.29) is 0 Å². The minimum atomic E-state index is -0.519. The maximum absolute atomic E-state index is 10.1. The van der Waals surface area contributed by atoms with Gasteiger partial charge in [0.15, 0.2) is 11.2 Å². The number of aryl methyl sites for hydroxylation is 1. The third-order valence-electron chi connectivity index (χ3n) is 5.40. The average molecular weight is 432 g/mol. The fraction of sp³-hybridized carbons (Fsp3) is 0.304. The monoisotopic (exact) mass is 431 g/mol. The van der Waals surface area contributed by atoms with Crippen molar-refractivity contribution < 1.29 is 9.84 Å². The van der Waals surface area contributed by atoms with Crippen molar-refractivity contribution in [2.24, 2.45) is 0 Å². The van der Waals surface area contributed by atoms with E-state index >= 15 is 0 Å². The standard InChI is InChI=1S/C23H25N7O2/c31-21-4-2-14-32-19-11-9-18(10-12-19)30-22-20(28-29-30)15-25-23(27-22)26-17-7-5-16(6-8-17)3-1-13-24-21/h5-12,15,21,24,31H,1-4,13-14H2,(H,25,26,27). The Morgan fingerprint density at radius 1 is 1.03 bits per heavy atom. The molecule has 6 bridgehead atoms. The van der Waals surface area contributed by atoms with Gasteiger partial charge in [0, 0.05) is 5.69 Å². The molecule has 0 fully saturated rings. The predicted molar refractivity (Wildman–Crippen MR) is 121 cm³/mol. The second-order valence-electron chi connectivity index (χ2n) is 7.78. The van der Waals surface area contributed by atoms with Crippen molar-refractivity contribution in [3.05, 3.63) is 60.3 Å². The molecule has 1 unspecified atom stereocenters. The molecule has 6 heterocycles. The zero-order valence-electron chi connectivity index (χ0n) is 17.6. The van der Waals surface area contributed by atoms with E-state index in [1.807, 2.05) is 36.4 Å². The van der Waals surface area contributed by atoms with Gasteiger partial charge in [-0.15, -0.1) is 5.10 Å². The number of benzene rings is 2. The minimum Gasteiger partial charge on any atom is -0.494 e. The summed E-state index contributed by atoms with van der Waals surface area (Å²) in [6.45, 7) is 1.30. The molecule has 9 nitrogen and oxygen atoms in total. The van der Waals surface area contributed by atoms with Crippen LogP contribution in [0.1, 0.15) is 24.8 Å². The number of aliphatic hydroxyl groups excluding tert-OH is 1. The van der Waals surface area contributed by atoms with E-state index in [1.165, 1.54) is 5.56 Å². The van der Waals surface area contributed by atoms with E-state index in [0.717, 1.165) is 42.9 Å². The van der Waals surface area contributed by atoms with Crippen LogP contribution in [0, 0.1) is 0 Å². The Bertz CT molecular complexity index is 1180. The Kier molecular flexibility index (Phi) is 5.91. The van der Waals surface area contributed by atoms with Gasteiger partial charge < -0.3 is 15.2 Å². The van der Waals surface area contributed by atoms with Crippen LogP contribution in [0.25, 0.3) is 16.9 Å². The number of anilines is 2. The third-order valence-corrected chi connectivity index (χ3v) is 5.40. The van der Waals surface area contributed by atoms with Gasteiger partial charge in [-0.05, 0) is 74.2 Å². The van der Waals surface area contributed by atoms with Crippen LogP contribution in [0.2, 0.25) is 0 Å². The summed E-state index contributed by atoms with van der Waals surface area (Å²) in [5.41, 5.74) is 4.22. The summed E-state index contributed by atoms with van der Waals surface area (Å²) >= 11 is 0. The first-order valence-corrected chi connectivity index (χ1v) is 10.8. The molecule has 32 heavy (non-hydrogen) atoms. The quantitative estimate of drug-likeness (QED) is 0.390. The molecule has 4 aliphatic rings. The molecular formula is C23H25N7O2. The van der Waals surface area contributed by atoms with Crippen LogP contribution in [0.4, 0.5) is 11.6 Å². The lowest BCUT2D eigenvalue weighted by Gasteiger charge is -2.13. The van der Waals surface area contributed by atoms with E-state index < -0.39 is 6.23 Å². The van der Waals surface area contributed by atoms with Crippen LogP contribution >= 0.6 is 0 Å². The SMILES string of the molecule is OC1CCCOc2ccc(cc2)-n2nnc3cnc(nc32)Nc2ccc(cc2)CCCN1. The summed E-state index contributed by atoms with van der Waals surface area (Å²) < 4.78 is 7.49. The number of hydrogen-bond acceptors (Lipinski definition) is 8. The maximum atomic E-state index is 10.1. The van der Waals surface area contributed by atoms with Crippen LogP contribution < -0.4 is 15.4 Å². The van der Waals surface area contributed by atoms with E-state index in [9.17, 15) is 5.11 Å². The van der Waals surface area contributed by atoms with Gasteiger partial charge in [0.25, 0.3) is 0 Å². The van der Waals surface area contributed by atoms with Crippen LogP contribution in [0.3, 0.4) is 0 Å². The fourth-order valence-electron chi connectivity index (χ4n) is 3.66. The first-order valence-electron chi connectivity index (χ1n) is 10.8. The lowest BCUT2D eigenvalue weighted by Crippen LogP contribution is -2.30. The van der Waals surface area contributed by atoms with Crippen LogP contribution in [0.5, 0.6) is 5.75 Å². The molecule has 9 heteroatoms. The molecule has 3 N–H and O–H groups in total. The van der Waals surface area contributed by atoms with Gasteiger partial charge in [-0.1, -0.05) is 17.3 Å². The summed E-state index contributed by atoms with van der Waals surface area (Å²) in [4.78, 5) is 8.99. The highest BCUT2D eigenvalue weighted by molar-refractivity contribution is 5.72. The Morgan fingerprint density at radius 3 is 2.72 bits per heavy atom. The average Bonchev–Trinajstić information content (AvgIpc) is 3.24. The molecule has 0 saturated heterocycles. The van der Waals surface area contributed by atoms with E-state index in [1.54, 1.807) is 10.9 Å². The Balaban J connectivity index is 1.44. The molecule has 8 rings (SSSR count). The molecule has 0 aliphatic carbocycles. The van der Waals surface area contributed by atoms with Crippen LogP contribution in [-0.4, -0.2) is 49.4 Å². The lowest BCUT2D eigenvalue weighted by molar-refractivity contribution is 0.118. The van der Waals surface area contributed by atoms with Gasteiger partial charge >= 0.3 is 0 Å². The van der Waals surface area contributed by atoms with Crippen LogP contribution in [0.15, 0.2) is 54.7 Å². The van der Waals surface area contributed by atoms with Crippen molar-refractivity contribution in [3.8, 4) is 11.4 Å². The normalized spacial score (nSPS) is 17.5. The molecule has 0 amide bonds. The lowest BCUT2D eigenvalue weighted by atomic mass is 10.1. The summed E-state index contributed by atoms with van der Waals surface area (Å²) in [5, 5.41) is 25.0. The van der Waals surface area contributed by atoms with Gasteiger partial charge in [0.2, 0.25) is 5.95 Å². The van der Waals surface area contributed by atoms with Gasteiger partial charge in [0.05, 0.1) is 18.5 Å². The van der Waals surface area contributed by atoms with Crippen molar-refractivity contribution in [2.75, 3.05) is 18.5 Å². The predicted octanol–water partition coefficient (Wildman–Crippen LogP) is 2.97. The minimum absolute atomic E-state index is 0.481. The molecule has 1 atom stereocenters. The largest absolute Gasteiger partial charge is 0.494 e. The number of hydrogen-bond donors (Lipinski definition) is 3. The maximum Gasteiger partial charge on any atom is 0.229 e. The topological polar surface area (TPSA) is 110 Å². The summed E-state index contributed by atoms with van der Waals surface area (Å²) in [6, 6.07) is 15.8. The van der Waals surface area contributed by atoms with Crippen molar-refractivity contribution in [2.45, 2.75) is 31.9 Å². The summed E-state index contributed by atoms with van der Waals surface area (Å²) in [6.07, 6.45) is 4.44. The number of nitrogens with one attached hydrogen (secondary N) is 2. The second-order valence-corrected chi connectivity index (χ2v) is 7.78. The molecule has 0 saturated carbocycles. The summed E-state index contributed by atoms with van der Waals surface area (Å²) in [7, 11) is 0. The van der Waals surface area contributed by atoms with Gasteiger partial charge in [-0.3, -0.25) is 5.32 Å². The highest BCUT2D eigenvalue weighted by atomic mass is 16.5. The van der Waals surface area contributed by atoms with Crippen LogP contribution in [-0.2, 0) is 6.42 Å². The van der Waals surface area contributed by atoms with E-state index in [2.05, 4.69) is 43.0 Å². The highest BCUT2D eigenvalue weighted by Gasteiger charge is 2.11. The second kappa shape index (κ2) is 9.29. The molecule has 164 valence electrons. The highest BCUT2D eigenvalue weighted by Crippen LogP contribution is 2.21. The van der Waals surface area contributed by atoms with Crippen molar-refractivity contribution >= 4 is 22.8 Å². The Labute approximate surface area is 185 Å². The fourth-order valence-corrected chi connectivity index (χ4v) is 3.66. The number of nitrogens with zero attached hydrogens (tertiary/aromatic N) is 5. The van der Waals surface area contributed by atoms with Crippen molar-refractivity contribution in [3.63, 3.8) is 0 Å².